The van der Waals surface area contributed by atoms with Gasteiger partial charge in [0.15, 0.2) is 5.69 Å². The van der Waals surface area contributed by atoms with Crippen LogP contribution in [0.5, 0.6) is 0 Å². The highest BCUT2D eigenvalue weighted by Gasteiger charge is 2.28. The van der Waals surface area contributed by atoms with E-state index in [1.807, 2.05) is 48.5 Å². The number of aromatic amines is 1. The summed E-state index contributed by atoms with van der Waals surface area (Å²) in [5.41, 5.74) is 4.82. The van der Waals surface area contributed by atoms with E-state index >= 15 is 0 Å². The molecule has 0 aliphatic heterocycles. The fraction of sp³-hybridized carbons (Fsp3) is 0.600. The van der Waals surface area contributed by atoms with E-state index in [2.05, 4.69) is 9.97 Å². The molecular weight excluding hydrogens is 390 g/mol. The zero-order chi connectivity index (χ0) is 22.1. The first-order valence-electron chi connectivity index (χ1n) is 9.73. The minimum Gasteiger partial charge on any atom is -0.383 e. The second-order valence-corrected chi connectivity index (χ2v) is 10.1. The minimum absolute atomic E-state index is 0.00186. The smallest absolute Gasteiger partial charge is 0.330 e. The number of nitrogens with zero attached hydrogens (tertiary/aromatic N) is 3. The molecule has 0 fully saturated rings. The van der Waals surface area contributed by atoms with E-state index in [9.17, 15) is 14.4 Å². The maximum atomic E-state index is 13.3. The molecule has 0 radical (unpaired) electrons. The molecule has 160 valence electrons. The number of anilines is 2. The van der Waals surface area contributed by atoms with Gasteiger partial charge in [0.25, 0.3) is 11.5 Å². The minimum atomic E-state index is -0.665. The Morgan fingerprint density at radius 3 is 2.34 bits per heavy atom. The van der Waals surface area contributed by atoms with E-state index in [0.29, 0.717) is 11.4 Å². The third-order valence-corrected chi connectivity index (χ3v) is 5.59. The van der Waals surface area contributed by atoms with Crippen LogP contribution in [0.4, 0.5) is 11.5 Å². The topological polar surface area (TPSA) is 114 Å². The van der Waals surface area contributed by atoms with Crippen molar-refractivity contribution in [1.29, 1.82) is 0 Å². The molecule has 1 amide bonds. The Hall–Kier alpha value is -2.42. The lowest BCUT2D eigenvalue weighted by Gasteiger charge is -2.26. The first-order chi connectivity index (χ1) is 13.3. The quantitative estimate of drug-likeness (QED) is 0.744. The van der Waals surface area contributed by atoms with Gasteiger partial charge >= 0.3 is 5.69 Å². The van der Waals surface area contributed by atoms with E-state index in [0.717, 1.165) is 5.01 Å². The number of nitrogens with one attached hydrogen (secondary N) is 1. The fourth-order valence-electron chi connectivity index (χ4n) is 2.88. The predicted molar refractivity (Wildman–Crippen MR) is 118 cm³/mol. The van der Waals surface area contributed by atoms with Gasteiger partial charge < -0.3 is 5.73 Å². The highest BCUT2D eigenvalue weighted by atomic mass is 32.1. The Morgan fingerprint density at radius 2 is 1.86 bits per heavy atom. The average Bonchev–Trinajstić information content (AvgIpc) is 3.06. The molecule has 0 atom stereocenters. The number of nitrogens with two attached hydrogens (primary N) is 1. The summed E-state index contributed by atoms with van der Waals surface area (Å²) in [5.74, 6) is -0.127. The van der Waals surface area contributed by atoms with Crippen LogP contribution in [0, 0.1) is 11.8 Å². The third-order valence-electron chi connectivity index (χ3n) is 4.18. The van der Waals surface area contributed by atoms with Gasteiger partial charge in [0.05, 0.1) is 11.2 Å². The molecule has 9 heteroatoms. The maximum absolute atomic E-state index is 13.3. The number of H-pyrrole nitrogens is 1. The normalized spacial score (nSPS) is 12.0. The molecule has 0 saturated carbocycles. The Balaban J connectivity index is 2.61. The maximum Gasteiger partial charge on any atom is 0.330 e. The highest BCUT2D eigenvalue weighted by Crippen LogP contribution is 2.29. The van der Waals surface area contributed by atoms with Crippen molar-refractivity contribution in [2.75, 3.05) is 17.2 Å². The van der Waals surface area contributed by atoms with Gasteiger partial charge in [0.2, 0.25) is 0 Å². The number of rotatable bonds is 6. The SMILES string of the molecule is CC(C)CN(C(=O)c1cnc(C(C)(C)C)s1)c1c(N)n(CC(C)C)c(=O)[nH]c1=O. The van der Waals surface area contributed by atoms with Crippen molar-refractivity contribution >= 4 is 28.7 Å². The van der Waals surface area contributed by atoms with Gasteiger partial charge in [-0.15, -0.1) is 11.3 Å². The molecule has 8 nitrogen and oxygen atoms in total. The van der Waals surface area contributed by atoms with Crippen LogP contribution in [0.1, 0.15) is 63.1 Å². The summed E-state index contributed by atoms with van der Waals surface area (Å²) in [6.07, 6.45) is 1.54. The number of aromatic nitrogens is 3. The number of carbonyl (C=O) groups is 1. The lowest BCUT2D eigenvalue weighted by atomic mass is 9.98. The molecule has 0 unspecified atom stereocenters. The monoisotopic (exact) mass is 421 g/mol. The van der Waals surface area contributed by atoms with E-state index < -0.39 is 11.2 Å². The third kappa shape index (κ3) is 5.14. The molecule has 0 aliphatic rings. The van der Waals surface area contributed by atoms with Gasteiger partial charge in [-0.05, 0) is 11.8 Å². The molecule has 2 aromatic heterocycles. The number of carbonyl (C=O) groups excluding carboxylic acids is 1. The molecule has 2 aromatic rings. The zero-order valence-electron chi connectivity index (χ0n) is 18.2. The van der Waals surface area contributed by atoms with Crippen molar-refractivity contribution in [2.24, 2.45) is 11.8 Å². The van der Waals surface area contributed by atoms with Crippen molar-refractivity contribution in [3.05, 3.63) is 36.9 Å². The Labute approximate surface area is 174 Å². The van der Waals surface area contributed by atoms with Gasteiger partial charge in [-0.2, -0.15) is 0 Å². The van der Waals surface area contributed by atoms with E-state index in [1.54, 1.807) is 0 Å². The molecule has 29 heavy (non-hydrogen) atoms. The van der Waals surface area contributed by atoms with Crippen molar-refractivity contribution < 1.29 is 4.79 Å². The molecular formula is C20H31N5O3S. The number of hydrogen-bond donors (Lipinski definition) is 2. The van der Waals surface area contributed by atoms with Crippen molar-refractivity contribution in [2.45, 2.75) is 60.4 Å². The Bertz CT molecular complexity index is 995. The zero-order valence-corrected chi connectivity index (χ0v) is 19.0. The standard InChI is InChI=1S/C20H31N5O3S/c1-11(2)9-24(17(27)13-8-22-18(29-13)20(5,6)7)14-15(21)25(10-12(3)4)19(28)23-16(14)26/h8,11-12H,9-10,21H2,1-7H3,(H,23,26,28). The van der Waals surface area contributed by atoms with Gasteiger partial charge in [0, 0.05) is 18.5 Å². The molecule has 0 bridgehead atoms. The summed E-state index contributed by atoms with van der Waals surface area (Å²) in [6, 6.07) is 0. The van der Waals surface area contributed by atoms with Crippen LogP contribution in [-0.2, 0) is 12.0 Å². The molecule has 0 spiro atoms. The summed E-state index contributed by atoms with van der Waals surface area (Å²) in [7, 11) is 0. The van der Waals surface area contributed by atoms with Gasteiger partial charge in [-0.25, -0.2) is 9.78 Å². The van der Waals surface area contributed by atoms with Crippen molar-refractivity contribution in [3.8, 4) is 0 Å². The van der Waals surface area contributed by atoms with Crippen LogP contribution in [-0.4, -0.2) is 27.0 Å². The number of thiazole rings is 1. The van der Waals surface area contributed by atoms with E-state index in [-0.39, 0.29) is 41.2 Å². The molecule has 2 heterocycles. The molecule has 0 aliphatic carbocycles. The molecule has 2 rings (SSSR count). The van der Waals surface area contributed by atoms with Crippen molar-refractivity contribution in [1.82, 2.24) is 14.5 Å². The van der Waals surface area contributed by atoms with Crippen molar-refractivity contribution in [3.63, 3.8) is 0 Å². The van der Waals surface area contributed by atoms with Crippen LogP contribution < -0.4 is 21.9 Å². The lowest BCUT2D eigenvalue weighted by molar-refractivity contribution is 0.0987. The number of amides is 1. The largest absolute Gasteiger partial charge is 0.383 e. The van der Waals surface area contributed by atoms with Gasteiger partial charge in [0.1, 0.15) is 10.7 Å². The van der Waals surface area contributed by atoms with Crippen LogP contribution >= 0.6 is 11.3 Å². The number of nitrogen functional groups attached to an aromatic ring is 1. The summed E-state index contributed by atoms with van der Waals surface area (Å²) < 4.78 is 1.31. The van der Waals surface area contributed by atoms with Gasteiger partial charge in [-0.1, -0.05) is 48.5 Å². The molecule has 3 N–H and O–H groups in total. The number of hydrogen-bond acceptors (Lipinski definition) is 6. The van der Waals surface area contributed by atoms with Crippen LogP contribution in [0.15, 0.2) is 15.8 Å². The Morgan fingerprint density at radius 1 is 1.24 bits per heavy atom. The average molecular weight is 422 g/mol. The fourth-order valence-corrected chi connectivity index (χ4v) is 3.80. The second-order valence-electron chi connectivity index (χ2n) is 9.09. The van der Waals surface area contributed by atoms with Gasteiger partial charge in [-0.3, -0.25) is 24.0 Å². The van der Waals surface area contributed by atoms with Crippen LogP contribution in [0.2, 0.25) is 0 Å². The summed E-state index contributed by atoms with van der Waals surface area (Å²) in [6.45, 7) is 14.5. The first-order valence-corrected chi connectivity index (χ1v) is 10.5. The van der Waals surface area contributed by atoms with Crippen LogP contribution in [0.3, 0.4) is 0 Å². The Kier molecular flexibility index (Phi) is 6.72. The highest BCUT2D eigenvalue weighted by molar-refractivity contribution is 7.13. The lowest BCUT2D eigenvalue weighted by Crippen LogP contribution is -2.42. The summed E-state index contributed by atoms with van der Waals surface area (Å²) >= 11 is 1.30. The van der Waals surface area contributed by atoms with E-state index in [4.69, 9.17) is 5.73 Å². The summed E-state index contributed by atoms with van der Waals surface area (Å²) in [5, 5.41) is 0.831. The molecule has 0 aromatic carbocycles. The molecule has 0 saturated heterocycles. The predicted octanol–water partition coefficient (Wildman–Crippen LogP) is 2.83. The summed E-state index contributed by atoms with van der Waals surface area (Å²) in [4.78, 5) is 46.8. The van der Waals surface area contributed by atoms with E-state index in [1.165, 1.54) is 27.0 Å². The second kappa shape index (κ2) is 8.52. The first kappa shape index (κ1) is 22.9. The van der Waals surface area contributed by atoms with Crippen LogP contribution in [0.25, 0.3) is 0 Å².